The van der Waals surface area contributed by atoms with Crippen molar-refractivity contribution in [2.75, 3.05) is 26.4 Å². The van der Waals surface area contributed by atoms with Crippen LogP contribution in [0.5, 0.6) is 0 Å². The lowest BCUT2D eigenvalue weighted by Gasteiger charge is -2.11. The first-order chi connectivity index (χ1) is 11.2. The molecule has 0 bridgehead atoms. The number of unbranched alkanes of at least 4 members (excludes halogenated alkanes) is 8. The molecule has 0 fully saturated rings. The van der Waals surface area contributed by atoms with Gasteiger partial charge in [0.25, 0.3) is 0 Å². The summed E-state index contributed by atoms with van der Waals surface area (Å²) in [7, 11) is 0. The number of esters is 1. The highest BCUT2D eigenvalue weighted by atomic mass is 16.5. The Morgan fingerprint density at radius 2 is 1.57 bits per heavy atom. The Kier molecular flexibility index (Phi) is 17.2. The van der Waals surface area contributed by atoms with Crippen molar-refractivity contribution in [1.29, 1.82) is 0 Å². The zero-order valence-electron chi connectivity index (χ0n) is 14.9. The minimum Gasteiger partial charge on any atom is -0.463 e. The molecular formula is C18H37NO4. The van der Waals surface area contributed by atoms with Crippen LogP contribution in [0.25, 0.3) is 0 Å². The number of hydrogen-bond donors (Lipinski definition) is 2. The van der Waals surface area contributed by atoms with Crippen molar-refractivity contribution in [1.82, 2.24) is 0 Å². The van der Waals surface area contributed by atoms with E-state index in [1.54, 1.807) is 0 Å². The molecule has 0 saturated carbocycles. The maximum absolute atomic E-state index is 11.5. The minimum atomic E-state index is -0.750. The molecule has 0 aromatic carbocycles. The van der Waals surface area contributed by atoms with Gasteiger partial charge in [-0.1, -0.05) is 58.3 Å². The second kappa shape index (κ2) is 17.7. The molecule has 138 valence electrons. The van der Waals surface area contributed by atoms with E-state index in [0.717, 1.165) is 19.3 Å². The van der Waals surface area contributed by atoms with Gasteiger partial charge in [0.2, 0.25) is 0 Å². The fourth-order valence-corrected chi connectivity index (χ4v) is 2.29. The Morgan fingerprint density at radius 3 is 2.17 bits per heavy atom. The van der Waals surface area contributed by atoms with Gasteiger partial charge in [-0.15, -0.1) is 0 Å². The molecule has 0 saturated heterocycles. The molecule has 0 spiro atoms. The van der Waals surface area contributed by atoms with Crippen molar-refractivity contribution in [3.05, 3.63) is 0 Å². The van der Waals surface area contributed by atoms with Crippen molar-refractivity contribution in [2.24, 2.45) is 5.73 Å². The average Bonchev–Trinajstić information content (AvgIpc) is 2.55. The van der Waals surface area contributed by atoms with Gasteiger partial charge in [-0.05, 0) is 19.4 Å². The lowest BCUT2D eigenvalue weighted by atomic mass is 10.1. The van der Waals surface area contributed by atoms with Crippen LogP contribution in [0, 0.1) is 0 Å². The van der Waals surface area contributed by atoms with E-state index in [1.807, 2.05) is 0 Å². The van der Waals surface area contributed by atoms with E-state index in [4.69, 9.17) is 15.2 Å². The van der Waals surface area contributed by atoms with Gasteiger partial charge in [0, 0.05) is 13.0 Å². The maximum atomic E-state index is 11.5. The number of carbonyl (C=O) groups excluding carboxylic acids is 1. The van der Waals surface area contributed by atoms with Crippen molar-refractivity contribution in [3.8, 4) is 0 Å². The third-order valence-electron chi connectivity index (χ3n) is 3.72. The predicted molar refractivity (Wildman–Crippen MR) is 93.3 cm³/mol. The first kappa shape index (κ1) is 22.4. The number of aliphatic hydroxyl groups excluding tert-OH is 1. The summed E-state index contributed by atoms with van der Waals surface area (Å²) in [5.74, 6) is -0.228. The van der Waals surface area contributed by atoms with Gasteiger partial charge >= 0.3 is 5.97 Å². The molecule has 3 N–H and O–H groups in total. The predicted octanol–water partition coefficient (Wildman–Crippen LogP) is 3.18. The fourth-order valence-electron chi connectivity index (χ4n) is 2.29. The topological polar surface area (TPSA) is 81.8 Å². The van der Waals surface area contributed by atoms with Gasteiger partial charge in [-0.3, -0.25) is 4.79 Å². The second-order valence-corrected chi connectivity index (χ2v) is 6.13. The van der Waals surface area contributed by atoms with Crippen LogP contribution in [0.4, 0.5) is 0 Å². The van der Waals surface area contributed by atoms with Gasteiger partial charge in [0.1, 0.15) is 12.7 Å². The first-order valence-electron chi connectivity index (χ1n) is 9.32. The second-order valence-electron chi connectivity index (χ2n) is 6.13. The number of ether oxygens (including phenoxy) is 2. The highest BCUT2D eigenvalue weighted by molar-refractivity contribution is 5.69. The van der Waals surface area contributed by atoms with Crippen LogP contribution in [-0.4, -0.2) is 43.5 Å². The molecule has 0 radical (unpaired) electrons. The third kappa shape index (κ3) is 17.5. The first-order valence-corrected chi connectivity index (χ1v) is 9.32. The summed E-state index contributed by atoms with van der Waals surface area (Å²) in [6.07, 6.45) is 11.5. The molecule has 0 heterocycles. The molecule has 0 aromatic rings. The summed E-state index contributed by atoms with van der Waals surface area (Å²) < 4.78 is 10.2. The molecule has 5 nitrogen and oxygen atoms in total. The molecule has 1 unspecified atom stereocenters. The summed E-state index contributed by atoms with van der Waals surface area (Å²) in [5, 5.41) is 9.59. The molecule has 0 amide bonds. The largest absolute Gasteiger partial charge is 0.463 e. The average molecular weight is 331 g/mol. The van der Waals surface area contributed by atoms with E-state index >= 15 is 0 Å². The van der Waals surface area contributed by atoms with Crippen molar-refractivity contribution in [3.63, 3.8) is 0 Å². The zero-order chi connectivity index (χ0) is 17.2. The Bertz CT molecular complexity index is 261. The molecule has 1 atom stereocenters. The Hall–Kier alpha value is -0.650. The van der Waals surface area contributed by atoms with Gasteiger partial charge < -0.3 is 20.3 Å². The molecule has 0 aliphatic carbocycles. The van der Waals surface area contributed by atoms with Crippen LogP contribution in [-0.2, 0) is 14.3 Å². The number of carbonyl (C=O) groups is 1. The zero-order valence-corrected chi connectivity index (χ0v) is 14.9. The summed E-state index contributed by atoms with van der Waals surface area (Å²) in [5.41, 5.74) is 5.34. The lowest BCUT2D eigenvalue weighted by Crippen LogP contribution is -2.24. The van der Waals surface area contributed by atoms with E-state index in [-0.39, 0.29) is 19.2 Å². The van der Waals surface area contributed by atoms with E-state index in [1.165, 1.54) is 44.9 Å². The van der Waals surface area contributed by atoms with Crippen molar-refractivity contribution >= 4 is 5.97 Å². The van der Waals surface area contributed by atoms with Crippen LogP contribution < -0.4 is 5.73 Å². The quantitative estimate of drug-likeness (QED) is 0.316. The van der Waals surface area contributed by atoms with E-state index in [2.05, 4.69) is 6.92 Å². The van der Waals surface area contributed by atoms with Crippen molar-refractivity contribution in [2.45, 2.75) is 83.7 Å². The Labute approximate surface area is 141 Å². The molecule has 23 heavy (non-hydrogen) atoms. The van der Waals surface area contributed by atoms with Gasteiger partial charge in [-0.25, -0.2) is 0 Å². The van der Waals surface area contributed by atoms with E-state index < -0.39 is 6.10 Å². The molecular weight excluding hydrogens is 294 g/mol. The molecule has 0 aliphatic heterocycles. The fraction of sp³-hybridized carbons (Fsp3) is 0.944. The summed E-state index contributed by atoms with van der Waals surface area (Å²) in [6, 6.07) is 0. The number of rotatable bonds is 17. The number of nitrogens with two attached hydrogens (primary N) is 1. The number of hydrogen-bond acceptors (Lipinski definition) is 5. The maximum Gasteiger partial charge on any atom is 0.305 e. The summed E-state index contributed by atoms with van der Waals surface area (Å²) >= 11 is 0. The summed E-state index contributed by atoms with van der Waals surface area (Å²) in [6.45, 7) is 3.53. The van der Waals surface area contributed by atoms with Gasteiger partial charge in [0.05, 0.1) is 6.61 Å². The smallest absolute Gasteiger partial charge is 0.305 e. The van der Waals surface area contributed by atoms with Crippen LogP contribution in [0.3, 0.4) is 0 Å². The highest BCUT2D eigenvalue weighted by Gasteiger charge is 2.08. The SMILES string of the molecule is CCCCCCCCCCCC(=O)OCC(O)COCCCN. The van der Waals surface area contributed by atoms with Crippen LogP contribution in [0.2, 0.25) is 0 Å². The molecule has 5 heteroatoms. The van der Waals surface area contributed by atoms with Gasteiger partial charge in [-0.2, -0.15) is 0 Å². The highest BCUT2D eigenvalue weighted by Crippen LogP contribution is 2.10. The third-order valence-corrected chi connectivity index (χ3v) is 3.72. The van der Waals surface area contributed by atoms with Crippen molar-refractivity contribution < 1.29 is 19.4 Å². The minimum absolute atomic E-state index is 0.0128. The Balaban J connectivity index is 3.30. The monoisotopic (exact) mass is 331 g/mol. The standard InChI is InChI=1S/C18H37NO4/c1-2-3-4-5-6-7-8-9-10-12-18(21)23-16-17(20)15-22-14-11-13-19/h17,20H,2-16,19H2,1H3. The normalized spacial score (nSPS) is 12.3. The van der Waals surface area contributed by atoms with Crippen LogP contribution in [0.1, 0.15) is 77.6 Å². The summed E-state index contributed by atoms with van der Waals surface area (Å²) in [4.78, 5) is 11.5. The van der Waals surface area contributed by atoms with Crippen LogP contribution in [0.15, 0.2) is 0 Å². The van der Waals surface area contributed by atoms with Crippen LogP contribution >= 0.6 is 0 Å². The molecule has 0 aromatic heterocycles. The lowest BCUT2D eigenvalue weighted by molar-refractivity contribution is -0.147. The molecule has 0 aliphatic rings. The number of aliphatic hydroxyl groups is 1. The van der Waals surface area contributed by atoms with Gasteiger partial charge in [0.15, 0.2) is 0 Å². The van der Waals surface area contributed by atoms with E-state index in [0.29, 0.717) is 19.6 Å². The molecule has 0 rings (SSSR count). The Morgan fingerprint density at radius 1 is 0.957 bits per heavy atom. The van der Waals surface area contributed by atoms with E-state index in [9.17, 15) is 9.90 Å².